The molecule has 0 unspecified atom stereocenters. The van der Waals surface area contributed by atoms with Crippen molar-refractivity contribution in [3.8, 4) is 0 Å². The van der Waals surface area contributed by atoms with Gasteiger partial charge in [-0.3, -0.25) is 0 Å². The maximum Gasteiger partial charge on any atom is 0.407 e. The monoisotopic (exact) mass is 315 g/mol. The number of carboxylic acid groups (broad SMARTS) is 1. The van der Waals surface area contributed by atoms with E-state index in [2.05, 4.69) is 5.32 Å². The van der Waals surface area contributed by atoms with Gasteiger partial charge in [0.1, 0.15) is 0 Å². The third kappa shape index (κ3) is 7.64. The summed E-state index contributed by atoms with van der Waals surface area (Å²) in [6.45, 7) is 1.59. The molecule has 0 aromatic rings. The van der Waals surface area contributed by atoms with Crippen molar-refractivity contribution in [1.29, 1.82) is 0 Å². The standard InChI is InChI=1S/C16H29NO5/c1-12(18)14(15(19)20)17-16(21)22-11-7-3-6-10-13-8-4-2-5-9-13/h12-14,18H,2-11H2,1H3,(H,17,21)(H,19,20)/t12-,14+/m0/s1. The summed E-state index contributed by atoms with van der Waals surface area (Å²) in [5.74, 6) is -0.403. The van der Waals surface area contributed by atoms with Gasteiger partial charge in [-0.2, -0.15) is 0 Å². The topological polar surface area (TPSA) is 95.9 Å². The molecule has 0 aromatic heterocycles. The van der Waals surface area contributed by atoms with Crippen molar-refractivity contribution in [3.05, 3.63) is 0 Å². The lowest BCUT2D eigenvalue weighted by atomic mass is 9.86. The number of carbonyl (C=O) groups is 2. The first-order valence-electron chi connectivity index (χ1n) is 8.35. The molecule has 1 saturated carbocycles. The van der Waals surface area contributed by atoms with Crippen LogP contribution in [0.25, 0.3) is 0 Å². The predicted molar refractivity (Wildman–Crippen MR) is 82.6 cm³/mol. The molecule has 0 saturated heterocycles. The van der Waals surface area contributed by atoms with Crippen LogP contribution in [0, 0.1) is 5.92 Å². The van der Waals surface area contributed by atoms with E-state index in [-0.39, 0.29) is 6.61 Å². The number of hydrogen-bond acceptors (Lipinski definition) is 4. The van der Waals surface area contributed by atoms with Gasteiger partial charge in [0.25, 0.3) is 0 Å². The highest BCUT2D eigenvalue weighted by Crippen LogP contribution is 2.27. The highest BCUT2D eigenvalue weighted by molar-refractivity contribution is 5.80. The Bertz CT molecular complexity index is 339. The number of nitrogens with one attached hydrogen (secondary N) is 1. The molecule has 1 fully saturated rings. The van der Waals surface area contributed by atoms with Crippen LogP contribution in [0.2, 0.25) is 0 Å². The van der Waals surface area contributed by atoms with E-state index in [1.165, 1.54) is 45.4 Å². The molecule has 6 nitrogen and oxygen atoms in total. The van der Waals surface area contributed by atoms with Crippen LogP contribution in [0.3, 0.4) is 0 Å². The largest absolute Gasteiger partial charge is 0.480 e. The zero-order valence-corrected chi connectivity index (χ0v) is 13.4. The smallest absolute Gasteiger partial charge is 0.407 e. The summed E-state index contributed by atoms with van der Waals surface area (Å²) in [4.78, 5) is 22.2. The van der Waals surface area contributed by atoms with Crippen LogP contribution < -0.4 is 5.32 Å². The normalized spacial score (nSPS) is 18.5. The Morgan fingerprint density at radius 2 is 1.86 bits per heavy atom. The van der Waals surface area contributed by atoms with Crippen LogP contribution in [0.1, 0.15) is 64.7 Å². The molecule has 1 aliphatic rings. The van der Waals surface area contributed by atoms with E-state index in [4.69, 9.17) is 9.84 Å². The summed E-state index contributed by atoms with van der Waals surface area (Å²) in [6, 6.07) is -1.33. The van der Waals surface area contributed by atoms with E-state index in [1.54, 1.807) is 0 Å². The van der Waals surface area contributed by atoms with Gasteiger partial charge in [0, 0.05) is 0 Å². The summed E-state index contributed by atoms with van der Waals surface area (Å²) >= 11 is 0. The zero-order chi connectivity index (χ0) is 16.4. The number of hydrogen-bond donors (Lipinski definition) is 3. The van der Waals surface area contributed by atoms with Crippen LogP contribution in [0.15, 0.2) is 0 Å². The van der Waals surface area contributed by atoms with E-state index >= 15 is 0 Å². The lowest BCUT2D eigenvalue weighted by molar-refractivity contribution is -0.142. The van der Waals surface area contributed by atoms with Crippen LogP contribution in [-0.2, 0) is 9.53 Å². The Morgan fingerprint density at radius 1 is 1.18 bits per heavy atom. The molecule has 0 spiro atoms. The minimum atomic E-state index is -1.33. The number of rotatable bonds is 9. The Balaban J connectivity index is 2.03. The van der Waals surface area contributed by atoms with Crippen molar-refractivity contribution in [1.82, 2.24) is 5.32 Å². The van der Waals surface area contributed by atoms with Crippen LogP contribution in [-0.4, -0.2) is 41.0 Å². The number of alkyl carbamates (subject to hydrolysis) is 1. The number of carboxylic acids is 1. The number of amides is 1. The maximum absolute atomic E-state index is 11.4. The first kappa shape index (κ1) is 18.7. The summed E-state index contributed by atoms with van der Waals surface area (Å²) in [5.41, 5.74) is 0. The molecule has 0 bridgehead atoms. The molecule has 0 radical (unpaired) electrons. The first-order chi connectivity index (χ1) is 10.5. The van der Waals surface area contributed by atoms with Crippen molar-refractivity contribution >= 4 is 12.1 Å². The Hall–Kier alpha value is -1.30. The van der Waals surface area contributed by atoms with Crippen molar-refractivity contribution in [2.75, 3.05) is 6.61 Å². The van der Waals surface area contributed by atoms with Gasteiger partial charge >= 0.3 is 12.1 Å². The quantitative estimate of drug-likeness (QED) is 0.569. The first-order valence-corrected chi connectivity index (χ1v) is 8.35. The third-order valence-electron chi connectivity index (χ3n) is 4.24. The molecule has 1 rings (SSSR count). The fourth-order valence-corrected chi connectivity index (χ4v) is 2.91. The molecule has 6 heteroatoms. The van der Waals surface area contributed by atoms with Crippen LogP contribution in [0.5, 0.6) is 0 Å². The summed E-state index contributed by atoms with van der Waals surface area (Å²) in [6.07, 6.45) is 9.07. The summed E-state index contributed by atoms with van der Waals surface area (Å²) in [5, 5.41) is 20.2. The Kier molecular flexibility index (Phi) is 8.89. The number of aliphatic hydroxyl groups excluding tert-OH is 1. The van der Waals surface area contributed by atoms with Crippen molar-refractivity contribution in [2.24, 2.45) is 5.92 Å². The van der Waals surface area contributed by atoms with Gasteiger partial charge in [0.15, 0.2) is 6.04 Å². The minimum Gasteiger partial charge on any atom is -0.480 e. The predicted octanol–water partition coefficient (Wildman–Crippen LogP) is 2.69. The van der Waals surface area contributed by atoms with Gasteiger partial charge in [0.05, 0.1) is 12.7 Å². The van der Waals surface area contributed by atoms with Gasteiger partial charge in [0.2, 0.25) is 0 Å². The van der Waals surface area contributed by atoms with E-state index in [1.807, 2.05) is 0 Å². The van der Waals surface area contributed by atoms with Gasteiger partial charge in [-0.15, -0.1) is 0 Å². The van der Waals surface area contributed by atoms with Gasteiger partial charge in [-0.1, -0.05) is 51.4 Å². The van der Waals surface area contributed by atoms with Crippen molar-refractivity contribution in [2.45, 2.75) is 76.9 Å². The third-order valence-corrected chi connectivity index (χ3v) is 4.24. The summed E-state index contributed by atoms with van der Waals surface area (Å²) < 4.78 is 4.94. The minimum absolute atomic E-state index is 0.280. The fraction of sp³-hybridized carbons (Fsp3) is 0.875. The average Bonchev–Trinajstić information content (AvgIpc) is 2.48. The van der Waals surface area contributed by atoms with E-state index in [9.17, 15) is 14.7 Å². The maximum atomic E-state index is 11.4. The van der Waals surface area contributed by atoms with Crippen molar-refractivity contribution in [3.63, 3.8) is 0 Å². The average molecular weight is 315 g/mol. The highest BCUT2D eigenvalue weighted by Gasteiger charge is 2.25. The number of unbranched alkanes of at least 4 members (excludes halogenated alkanes) is 2. The van der Waals surface area contributed by atoms with E-state index in [0.717, 1.165) is 25.2 Å². The van der Waals surface area contributed by atoms with Crippen LogP contribution in [0.4, 0.5) is 4.79 Å². The fourth-order valence-electron chi connectivity index (χ4n) is 2.91. The number of carbonyl (C=O) groups excluding carboxylic acids is 1. The second-order valence-electron chi connectivity index (χ2n) is 6.19. The Morgan fingerprint density at radius 3 is 2.45 bits per heavy atom. The molecular weight excluding hydrogens is 286 g/mol. The van der Waals surface area contributed by atoms with Crippen LogP contribution >= 0.6 is 0 Å². The van der Waals surface area contributed by atoms with Crippen molar-refractivity contribution < 1.29 is 24.5 Å². The lowest BCUT2D eigenvalue weighted by Gasteiger charge is -2.21. The van der Waals surface area contributed by atoms with Gasteiger partial charge < -0.3 is 20.3 Å². The van der Waals surface area contributed by atoms with E-state index < -0.39 is 24.2 Å². The second-order valence-corrected chi connectivity index (χ2v) is 6.19. The molecule has 0 aliphatic heterocycles. The zero-order valence-electron chi connectivity index (χ0n) is 13.4. The molecular formula is C16H29NO5. The number of aliphatic carboxylic acids is 1. The highest BCUT2D eigenvalue weighted by atomic mass is 16.5. The molecule has 0 aromatic carbocycles. The molecule has 128 valence electrons. The number of aliphatic hydroxyl groups is 1. The number of ether oxygens (including phenoxy) is 1. The molecule has 1 aliphatic carbocycles. The molecule has 3 N–H and O–H groups in total. The second kappa shape index (κ2) is 10.4. The van der Waals surface area contributed by atoms with Gasteiger partial charge in [-0.25, -0.2) is 9.59 Å². The molecule has 0 heterocycles. The molecule has 1 amide bonds. The Labute approximate surface area is 132 Å². The SMILES string of the molecule is C[C@H](O)[C@@H](NC(=O)OCCCCCC1CCCCC1)C(=O)O. The van der Waals surface area contributed by atoms with Gasteiger partial charge in [-0.05, 0) is 19.3 Å². The lowest BCUT2D eigenvalue weighted by Crippen LogP contribution is -2.47. The summed E-state index contributed by atoms with van der Waals surface area (Å²) in [7, 11) is 0. The molecule has 2 atom stereocenters. The molecule has 22 heavy (non-hydrogen) atoms. The van der Waals surface area contributed by atoms with E-state index in [0.29, 0.717) is 0 Å².